The summed E-state index contributed by atoms with van der Waals surface area (Å²) in [4.78, 5) is 38.1. The summed E-state index contributed by atoms with van der Waals surface area (Å²) in [6.45, 7) is 3.92. The van der Waals surface area contributed by atoms with Gasteiger partial charge in [-0.2, -0.15) is 0 Å². The fourth-order valence-electron chi connectivity index (χ4n) is 3.54. The number of nitrogens with one attached hydrogen (secondary N) is 2. The molecule has 3 atom stereocenters. The third-order valence-electron chi connectivity index (χ3n) is 5.35. The number of benzene rings is 2. The summed E-state index contributed by atoms with van der Waals surface area (Å²) < 4.78 is 4.88. The Hall–Kier alpha value is -3.19. The van der Waals surface area contributed by atoms with E-state index < -0.39 is 30.0 Å². The Kier molecular flexibility index (Phi) is 10.6. The Labute approximate surface area is 196 Å². The smallest absolute Gasteiger partial charge is 0.328 e. The van der Waals surface area contributed by atoms with Gasteiger partial charge in [0.25, 0.3) is 0 Å². The molecule has 0 heterocycles. The molecular weight excluding hydrogens is 418 g/mol. The topological polar surface area (TPSA) is 111 Å². The molecule has 178 valence electrons. The number of methoxy groups -OCH3 is 1. The first-order chi connectivity index (χ1) is 15.8. The standard InChI is InChI=1S/C26H35N3O4/c1-18(2)16-22(28-24(30)21(27)15-14-19-10-6-4-7-11-19)25(31)29-23(26(32)33-3)17-20-12-8-5-9-13-20/h4-13,18,21-23H,14-17,27H2,1-3H3,(H,28,30)(H,29,31)/t21-,22+,23-/m0/s1. The molecule has 0 unspecified atom stereocenters. The number of ether oxygens (including phenoxy) is 1. The van der Waals surface area contributed by atoms with Gasteiger partial charge in [-0.1, -0.05) is 74.5 Å². The van der Waals surface area contributed by atoms with Crippen molar-refractivity contribution in [2.75, 3.05) is 7.11 Å². The van der Waals surface area contributed by atoms with Gasteiger partial charge in [0, 0.05) is 6.42 Å². The van der Waals surface area contributed by atoms with Crippen LogP contribution >= 0.6 is 0 Å². The quantitative estimate of drug-likeness (QED) is 0.428. The fourth-order valence-corrected chi connectivity index (χ4v) is 3.54. The lowest BCUT2D eigenvalue weighted by atomic mass is 10.00. The van der Waals surface area contributed by atoms with Crippen molar-refractivity contribution in [1.29, 1.82) is 0 Å². The van der Waals surface area contributed by atoms with Crippen LogP contribution in [0.4, 0.5) is 0 Å². The Morgan fingerprint density at radius 1 is 0.848 bits per heavy atom. The van der Waals surface area contributed by atoms with Crippen LogP contribution in [0, 0.1) is 5.92 Å². The van der Waals surface area contributed by atoms with Crippen molar-refractivity contribution in [3.05, 3.63) is 71.8 Å². The van der Waals surface area contributed by atoms with Crippen molar-refractivity contribution in [3.63, 3.8) is 0 Å². The van der Waals surface area contributed by atoms with E-state index in [-0.39, 0.29) is 18.2 Å². The van der Waals surface area contributed by atoms with Crippen molar-refractivity contribution in [2.45, 2.75) is 57.7 Å². The number of carbonyl (C=O) groups excluding carboxylic acids is 3. The van der Waals surface area contributed by atoms with E-state index in [0.29, 0.717) is 19.3 Å². The van der Waals surface area contributed by atoms with Crippen molar-refractivity contribution in [2.24, 2.45) is 11.7 Å². The first kappa shape index (κ1) is 26.1. The van der Waals surface area contributed by atoms with E-state index in [1.807, 2.05) is 74.5 Å². The molecule has 0 aliphatic heterocycles. The molecule has 0 radical (unpaired) electrons. The molecule has 0 aliphatic rings. The third kappa shape index (κ3) is 9.06. The predicted molar refractivity (Wildman–Crippen MR) is 128 cm³/mol. The van der Waals surface area contributed by atoms with Gasteiger partial charge in [-0.15, -0.1) is 0 Å². The average Bonchev–Trinajstić information content (AvgIpc) is 2.82. The minimum absolute atomic E-state index is 0.146. The maximum absolute atomic E-state index is 13.1. The summed E-state index contributed by atoms with van der Waals surface area (Å²) in [5.74, 6) is -1.21. The van der Waals surface area contributed by atoms with Gasteiger partial charge in [0.15, 0.2) is 0 Å². The Balaban J connectivity index is 2.02. The monoisotopic (exact) mass is 453 g/mol. The van der Waals surface area contributed by atoms with Crippen LogP contribution in [-0.4, -0.2) is 43.0 Å². The van der Waals surface area contributed by atoms with Crippen LogP contribution in [0.1, 0.15) is 37.8 Å². The molecule has 2 amide bonds. The number of amides is 2. The molecule has 2 aromatic carbocycles. The summed E-state index contributed by atoms with van der Waals surface area (Å²) in [6.07, 6.45) is 1.84. The average molecular weight is 454 g/mol. The van der Waals surface area contributed by atoms with E-state index in [4.69, 9.17) is 10.5 Å². The number of hydrogen-bond donors (Lipinski definition) is 3. The molecule has 7 heteroatoms. The highest BCUT2D eigenvalue weighted by Crippen LogP contribution is 2.10. The highest BCUT2D eigenvalue weighted by atomic mass is 16.5. The molecule has 33 heavy (non-hydrogen) atoms. The van der Waals surface area contributed by atoms with E-state index >= 15 is 0 Å². The first-order valence-corrected chi connectivity index (χ1v) is 11.3. The van der Waals surface area contributed by atoms with E-state index in [0.717, 1.165) is 11.1 Å². The van der Waals surface area contributed by atoms with Crippen LogP contribution in [0.5, 0.6) is 0 Å². The lowest BCUT2D eigenvalue weighted by Crippen LogP contribution is -2.55. The minimum atomic E-state index is -0.858. The van der Waals surface area contributed by atoms with Gasteiger partial charge >= 0.3 is 5.97 Å². The zero-order valence-electron chi connectivity index (χ0n) is 19.6. The fraction of sp³-hybridized carbons (Fsp3) is 0.423. The normalized spacial score (nSPS) is 13.6. The predicted octanol–water partition coefficient (Wildman–Crippen LogP) is 2.38. The van der Waals surface area contributed by atoms with Gasteiger partial charge in [-0.25, -0.2) is 4.79 Å². The largest absolute Gasteiger partial charge is 0.467 e. The zero-order chi connectivity index (χ0) is 24.2. The molecule has 0 spiro atoms. The molecule has 0 saturated carbocycles. The SMILES string of the molecule is COC(=O)[C@H](Cc1ccccc1)NC(=O)[C@@H](CC(C)C)NC(=O)[C@@H](N)CCc1ccccc1. The van der Waals surface area contributed by atoms with E-state index in [2.05, 4.69) is 10.6 Å². The van der Waals surface area contributed by atoms with Crippen LogP contribution in [0.15, 0.2) is 60.7 Å². The molecule has 0 aliphatic carbocycles. The molecule has 0 saturated heterocycles. The van der Waals surface area contributed by atoms with Crippen molar-refractivity contribution >= 4 is 17.8 Å². The third-order valence-corrected chi connectivity index (χ3v) is 5.35. The summed E-state index contributed by atoms with van der Waals surface area (Å²) in [7, 11) is 1.28. The Morgan fingerprint density at radius 3 is 1.94 bits per heavy atom. The van der Waals surface area contributed by atoms with Crippen LogP contribution < -0.4 is 16.4 Å². The van der Waals surface area contributed by atoms with E-state index in [1.165, 1.54) is 7.11 Å². The van der Waals surface area contributed by atoms with Gasteiger partial charge in [0.1, 0.15) is 12.1 Å². The number of hydrogen-bond acceptors (Lipinski definition) is 5. The number of esters is 1. The summed E-state index contributed by atoms with van der Waals surface area (Å²) >= 11 is 0. The van der Waals surface area contributed by atoms with E-state index in [9.17, 15) is 14.4 Å². The molecule has 7 nitrogen and oxygen atoms in total. The number of nitrogens with two attached hydrogens (primary N) is 1. The lowest BCUT2D eigenvalue weighted by Gasteiger charge is -2.24. The van der Waals surface area contributed by atoms with Crippen molar-refractivity contribution in [3.8, 4) is 0 Å². The highest BCUT2D eigenvalue weighted by molar-refractivity contribution is 5.92. The molecule has 4 N–H and O–H groups in total. The summed E-state index contributed by atoms with van der Waals surface area (Å²) in [6, 6.07) is 16.7. The lowest BCUT2D eigenvalue weighted by molar-refractivity contribution is -0.145. The number of aryl methyl sites for hydroxylation is 1. The first-order valence-electron chi connectivity index (χ1n) is 11.3. The highest BCUT2D eigenvalue weighted by Gasteiger charge is 2.29. The molecule has 0 bridgehead atoms. The second-order valence-corrected chi connectivity index (χ2v) is 8.60. The number of rotatable bonds is 12. The molecule has 2 aromatic rings. The summed E-state index contributed by atoms with van der Waals surface area (Å²) in [5, 5.41) is 5.54. The van der Waals surface area contributed by atoms with Crippen molar-refractivity contribution in [1.82, 2.24) is 10.6 Å². The van der Waals surface area contributed by atoms with Crippen LogP contribution in [-0.2, 0) is 32.0 Å². The van der Waals surface area contributed by atoms with Gasteiger partial charge in [-0.3, -0.25) is 9.59 Å². The van der Waals surface area contributed by atoms with E-state index in [1.54, 1.807) is 0 Å². The van der Waals surface area contributed by atoms with Crippen LogP contribution in [0.3, 0.4) is 0 Å². The summed E-state index contributed by atoms with van der Waals surface area (Å²) in [5.41, 5.74) is 8.09. The maximum atomic E-state index is 13.1. The van der Waals surface area contributed by atoms with Gasteiger partial charge in [-0.05, 0) is 36.3 Å². The van der Waals surface area contributed by atoms with Gasteiger partial charge in [0.05, 0.1) is 13.2 Å². The zero-order valence-corrected chi connectivity index (χ0v) is 19.6. The molecule has 0 fully saturated rings. The van der Waals surface area contributed by atoms with Crippen molar-refractivity contribution < 1.29 is 19.1 Å². The minimum Gasteiger partial charge on any atom is -0.467 e. The second-order valence-electron chi connectivity index (χ2n) is 8.60. The second kappa shape index (κ2) is 13.4. The van der Waals surface area contributed by atoms with Crippen LogP contribution in [0.25, 0.3) is 0 Å². The Bertz CT molecular complexity index is 887. The Morgan fingerprint density at radius 2 is 1.39 bits per heavy atom. The maximum Gasteiger partial charge on any atom is 0.328 e. The van der Waals surface area contributed by atoms with Gasteiger partial charge in [0.2, 0.25) is 11.8 Å². The number of carbonyl (C=O) groups is 3. The molecule has 2 rings (SSSR count). The van der Waals surface area contributed by atoms with Gasteiger partial charge < -0.3 is 21.1 Å². The molecular formula is C26H35N3O4. The van der Waals surface area contributed by atoms with Crippen LogP contribution in [0.2, 0.25) is 0 Å². The molecule has 0 aromatic heterocycles.